The average molecular weight is 393 g/mol. The van der Waals surface area contributed by atoms with Crippen LogP contribution in [0.2, 0.25) is 0 Å². The third kappa shape index (κ3) is 6.14. The van der Waals surface area contributed by atoms with Crippen LogP contribution in [0.25, 0.3) is 0 Å². The lowest BCUT2D eigenvalue weighted by Crippen LogP contribution is -2.36. The molecule has 7 nitrogen and oxygen atoms in total. The van der Waals surface area contributed by atoms with Crippen LogP contribution in [0.4, 0.5) is 10.5 Å². The highest BCUT2D eigenvalue weighted by molar-refractivity contribution is 5.92. The molecule has 0 atom stereocenters. The van der Waals surface area contributed by atoms with Gasteiger partial charge in [-0.15, -0.1) is 0 Å². The van der Waals surface area contributed by atoms with Crippen LogP contribution in [0.3, 0.4) is 0 Å². The Morgan fingerprint density at radius 2 is 1.76 bits per heavy atom. The Balaban J connectivity index is 1.48. The monoisotopic (exact) mass is 393 g/mol. The van der Waals surface area contributed by atoms with E-state index in [-0.39, 0.29) is 30.8 Å². The van der Waals surface area contributed by atoms with E-state index in [1.165, 1.54) is 6.26 Å². The number of urea groups is 1. The number of aryl methyl sites for hydroxylation is 1. The summed E-state index contributed by atoms with van der Waals surface area (Å²) in [5.41, 5.74) is 2.64. The maximum absolute atomic E-state index is 12.2. The smallest absolute Gasteiger partial charge is 0.319 e. The molecule has 1 aromatic heterocycles. The summed E-state index contributed by atoms with van der Waals surface area (Å²) < 4.78 is 10.9. The number of rotatable bonds is 8. The zero-order valence-electron chi connectivity index (χ0n) is 16.1. The first kappa shape index (κ1) is 20.0. The summed E-state index contributed by atoms with van der Waals surface area (Å²) in [5.74, 6) is 0.497. The normalized spacial score (nSPS) is 10.2. The Kier molecular flexibility index (Phi) is 6.89. The van der Waals surface area contributed by atoms with Crippen molar-refractivity contribution in [2.45, 2.75) is 13.5 Å². The number of carbonyl (C=O) groups is 2. The Bertz CT molecular complexity index is 940. The van der Waals surface area contributed by atoms with E-state index in [0.29, 0.717) is 18.0 Å². The molecule has 0 unspecified atom stereocenters. The highest BCUT2D eigenvalue weighted by Gasteiger charge is 2.10. The van der Waals surface area contributed by atoms with Crippen LogP contribution in [-0.2, 0) is 6.61 Å². The van der Waals surface area contributed by atoms with Crippen LogP contribution in [0.5, 0.6) is 5.75 Å². The van der Waals surface area contributed by atoms with Crippen LogP contribution < -0.4 is 20.7 Å². The van der Waals surface area contributed by atoms with Gasteiger partial charge in [0.05, 0.1) is 12.0 Å². The molecule has 0 aliphatic rings. The van der Waals surface area contributed by atoms with Crippen molar-refractivity contribution < 1.29 is 18.7 Å². The van der Waals surface area contributed by atoms with Gasteiger partial charge in [0.15, 0.2) is 5.76 Å². The molecule has 150 valence electrons. The molecule has 3 aromatic rings. The molecule has 2 aromatic carbocycles. The number of hydrogen-bond acceptors (Lipinski definition) is 4. The van der Waals surface area contributed by atoms with Gasteiger partial charge in [0.2, 0.25) is 0 Å². The Morgan fingerprint density at radius 3 is 2.52 bits per heavy atom. The molecule has 29 heavy (non-hydrogen) atoms. The molecule has 1 heterocycles. The summed E-state index contributed by atoms with van der Waals surface area (Å²) in [6, 6.07) is 18.2. The van der Waals surface area contributed by atoms with Gasteiger partial charge in [-0.25, -0.2) is 4.79 Å². The largest absolute Gasteiger partial charge is 0.487 e. The van der Waals surface area contributed by atoms with Crippen molar-refractivity contribution in [2.24, 2.45) is 0 Å². The van der Waals surface area contributed by atoms with Crippen LogP contribution in [0, 0.1) is 6.92 Å². The van der Waals surface area contributed by atoms with Crippen LogP contribution in [0.1, 0.15) is 21.7 Å². The van der Waals surface area contributed by atoms with Gasteiger partial charge in [0.1, 0.15) is 12.4 Å². The summed E-state index contributed by atoms with van der Waals surface area (Å²) in [5, 5.41) is 8.14. The topological polar surface area (TPSA) is 92.6 Å². The number of ether oxygens (including phenoxy) is 1. The van der Waals surface area contributed by atoms with Gasteiger partial charge < -0.3 is 25.1 Å². The summed E-state index contributed by atoms with van der Waals surface area (Å²) >= 11 is 0. The zero-order valence-corrected chi connectivity index (χ0v) is 16.1. The number of carbonyl (C=O) groups excluding carboxylic acids is 2. The lowest BCUT2D eigenvalue weighted by molar-refractivity contribution is 0.0926. The van der Waals surface area contributed by atoms with Gasteiger partial charge in [-0.2, -0.15) is 0 Å². The van der Waals surface area contributed by atoms with Crippen LogP contribution >= 0.6 is 0 Å². The van der Waals surface area contributed by atoms with Gasteiger partial charge in [0.25, 0.3) is 5.91 Å². The van der Waals surface area contributed by atoms with E-state index in [2.05, 4.69) is 16.0 Å². The molecule has 0 aliphatic carbocycles. The predicted octanol–water partition coefficient (Wildman–Crippen LogP) is 3.72. The number of furan rings is 1. The second-order valence-corrected chi connectivity index (χ2v) is 6.39. The van der Waals surface area contributed by atoms with Crippen molar-refractivity contribution in [1.29, 1.82) is 0 Å². The minimum atomic E-state index is -0.384. The van der Waals surface area contributed by atoms with Gasteiger partial charge in [0, 0.05) is 13.1 Å². The molecule has 0 aliphatic heterocycles. The Labute approximate surface area is 169 Å². The maximum atomic E-state index is 12.2. The van der Waals surface area contributed by atoms with E-state index in [4.69, 9.17) is 9.15 Å². The van der Waals surface area contributed by atoms with Gasteiger partial charge in [-0.3, -0.25) is 4.79 Å². The van der Waals surface area contributed by atoms with E-state index < -0.39 is 0 Å². The second-order valence-electron chi connectivity index (χ2n) is 6.39. The minimum Gasteiger partial charge on any atom is -0.487 e. The van der Waals surface area contributed by atoms with Gasteiger partial charge >= 0.3 is 6.03 Å². The summed E-state index contributed by atoms with van der Waals surface area (Å²) in [4.78, 5) is 23.9. The molecule has 0 saturated heterocycles. The minimum absolute atomic E-state index is 0.231. The van der Waals surface area contributed by atoms with Crippen molar-refractivity contribution in [3.8, 4) is 5.75 Å². The molecule has 0 radical (unpaired) electrons. The standard InChI is InChI=1S/C22H23N3O4/c1-16-9-10-18(20(14-16)29-15-17-6-3-2-4-7-17)25-22(27)24-12-11-23-21(26)19-8-5-13-28-19/h2-10,13-14H,11-12,15H2,1H3,(H,23,26)(H2,24,25,27). The van der Waals surface area contributed by atoms with E-state index in [1.54, 1.807) is 18.2 Å². The molecule has 0 fully saturated rings. The highest BCUT2D eigenvalue weighted by atomic mass is 16.5. The summed E-state index contributed by atoms with van der Waals surface area (Å²) in [6.45, 7) is 2.91. The van der Waals surface area contributed by atoms with Crippen LogP contribution in [0.15, 0.2) is 71.3 Å². The molecule has 3 N–H and O–H groups in total. The molecular formula is C22H23N3O4. The SMILES string of the molecule is Cc1ccc(NC(=O)NCCNC(=O)c2ccco2)c(OCc2ccccc2)c1. The van der Waals surface area contributed by atoms with Gasteiger partial charge in [-0.05, 0) is 42.3 Å². The van der Waals surface area contributed by atoms with Gasteiger partial charge in [-0.1, -0.05) is 36.4 Å². The molecule has 3 amide bonds. The third-order valence-electron chi connectivity index (χ3n) is 4.06. The maximum Gasteiger partial charge on any atom is 0.319 e. The molecule has 7 heteroatoms. The summed E-state index contributed by atoms with van der Waals surface area (Å²) in [6.07, 6.45) is 1.43. The second kappa shape index (κ2) is 9.98. The fraction of sp³-hybridized carbons (Fsp3) is 0.182. The molecule has 3 rings (SSSR count). The Morgan fingerprint density at radius 1 is 0.966 bits per heavy atom. The first-order chi connectivity index (χ1) is 14.1. The number of amides is 3. The van der Waals surface area contributed by atoms with E-state index in [9.17, 15) is 9.59 Å². The van der Waals surface area contributed by atoms with Crippen LogP contribution in [-0.4, -0.2) is 25.0 Å². The fourth-order valence-corrected chi connectivity index (χ4v) is 2.60. The number of hydrogen-bond donors (Lipinski definition) is 3. The number of anilines is 1. The summed E-state index contributed by atoms with van der Waals surface area (Å²) in [7, 11) is 0. The van der Waals surface area contributed by atoms with Crippen molar-refractivity contribution in [1.82, 2.24) is 10.6 Å². The van der Waals surface area contributed by atoms with E-state index in [0.717, 1.165) is 11.1 Å². The number of benzene rings is 2. The highest BCUT2D eigenvalue weighted by Crippen LogP contribution is 2.26. The van der Waals surface area contributed by atoms with Crippen molar-refractivity contribution in [3.63, 3.8) is 0 Å². The Hall–Kier alpha value is -3.74. The third-order valence-corrected chi connectivity index (χ3v) is 4.06. The first-order valence-electron chi connectivity index (χ1n) is 9.26. The van der Waals surface area contributed by atoms with Crippen molar-refractivity contribution in [2.75, 3.05) is 18.4 Å². The zero-order chi connectivity index (χ0) is 20.5. The van der Waals surface area contributed by atoms with E-state index in [1.807, 2.05) is 49.4 Å². The molecule has 0 bridgehead atoms. The van der Waals surface area contributed by atoms with Crippen molar-refractivity contribution >= 4 is 17.6 Å². The van der Waals surface area contributed by atoms with E-state index >= 15 is 0 Å². The molecule has 0 saturated carbocycles. The predicted molar refractivity (Wildman–Crippen MR) is 110 cm³/mol. The molecular weight excluding hydrogens is 370 g/mol. The number of nitrogens with one attached hydrogen (secondary N) is 3. The first-order valence-corrected chi connectivity index (χ1v) is 9.26. The van der Waals surface area contributed by atoms with Crippen molar-refractivity contribution in [3.05, 3.63) is 83.8 Å². The fourth-order valence-electron chi connectivity index (χ4n) is 2.60. The quantitative estimate of drug-likeness (QED) is 0.509. The lowest BCUT2D eigenvalue weighted by Gasteiger charge is -2.14. The molecule has 0 spiro atoms. The lowest BCUT2D eigenvalue weighted by atomic mass is 10.2. The average Bonchev–Trinajstić information content (AvgIpc) is 3.27.